The Morgan fingerprint density at radius 1 is 0.257 bits per heavy atom. The van der Waals surface area contributed by atoms with Crippen molar-refractivity contribution in [2.24, 2.45) is 0 Å². The summed E-state index contributed by atoms with van der Waals surface area (Å²) >= 11 is 0. The molecular formula is C72H60N2. The normalized spacial score (nSPS) is 12.3. The molecule has 0 aliphatic heterocycles. The van der Waals surface area contributed by atoms with Crippen LogP contribution >= 0.6 is 0 Å². The Bertz CT molecular complexity index is 4060. The van der Waals surface area contributed by atoms with Crippen molar-refractivity contribution in [3.8, 4) is 55.9 Å². The van der Waals surface area contributed by atoms with Crippen molar-refractivity contribution in [2.45, 2.75) is 66.2 Å². The summed E-state index contributed by atoms with van der Waals surface area (Å²) in [6, 6.07) is 82.3. The van der Waals surface area contributed by atoms with Gasteiger partial charge >= 0.3 is 0 Å². The van der Waals surface area contributed by atoms with Gasteiger partial charge in [-0.05, 0) is 175 Å². The number of benzene rings is 11. The van der Waals surface area contributed by atoms with Gasteiger partial charge in [-0.3, -0.25) is 0 Å². The molecule has 358 valence electrons. The van der Waals surface area contributed by atoms with Gasteiger partial charge in [-0.2, -0.15) is 0 Å². The highest BCUT2D eigenvalue weighted by Crippen LogP contribution is 2.46. The highest BCUT2D eigenvalue weighted by molar-refractivity contribution is 6.22. The molecule has 0 fully saturated rings. The zero-order valence-corrected chi connectivity index (χ0v) is 43.7. The molecule has 0 unspecified atom stereocenters. The van der Waals surface area contributed by atoms with Gasteiger partial charge < -0.3 is 9.13 Å². The molecule has 0 saturated carbocycles. The topological polar surface area (TPSA) is 9.86 Å². The van der Waals surface area contributed by atoms with Crippen LogP contribution in [-0.2, 0) is 10.8 Å². The zero-order chi connectivity index (χ0) is 50.6. The molecule has 0 spiro atoms. The van der Waals surface area contributed by atoms with E-state index in [1.165, 1.54) is 143 Å². The van der Waals surface area contributed by atoms with Crippen LogP contribution in [0.4, 0.5) is 0 Å². The molecule has 0 aliphatic rings. The predicted molar refractivity (Wildman–Crippen MR) is 319 cm³/mol. The Balaban J connectivity index is 0.909. The molecule has 0 N–H and O–H groups in total. The first-order valence-corrected chi connectivity index (χ1v) is 26.2. The third-order valence-electron chi connectivity index (χ3n) is 15.7. The van der Waals surface area contributed by atoms with Crippen LogP contribution in [0.1, 0.15) is 63.8 Å². The van der Waals surface area contributed by atoms with E-state index < -0.39 is 0 Å². The molecule has 13 rings (SSSR count). The van der Waals surface area contributed by atoms with Crippen molar-refractivity contribution in [1.29, 1.82) is 0 Å². The number of hydrogen-bond acceptors (Lipinski definition) is 0. The van der Waals surface area contributed by atoms with E-state index in [0.29, 0.717) is 0 Å². The molecule has 0 radical (unpaired) electrons. The Hall–Kier alpha value is -8.46. The molecule has 0 amide bonds. The van der Waals surface area contributed by atoms with Gasteiger partial charge in [0.15, 0.2) is 0 Å². The average Bonchev–Trinajstić information content (AvgIpc) is 3.93. The summed E-state index contributed by atoms with van der Waals surface area (Å²) in [5, 5.41) is 10.2. The third kappa shape index (κ3) is 7.54. The van der Waals surface area contributed by atoms with E-state index in [2.05, 4.69) is 283 Å². The zero-order valence-electron chi connectivity index (χ0n) is 43.7. The second-order valence-corrected chi connectivity index (χ2v) is 22.8. The van der Waals surface area contributed by atoms with E-state index in [-0.39, 0.29) is 10.8 Å². The molecule has 2 aromatic heterocycles. The van der Waals surface area contributed by atoms with Crippen LogP contribution in [0.25, 0.3) is 121 Å². The number of para-hydroxylation sites is 2. The molecule has 11 aromatic carbocycles. The largest absolute Gasteiger partial charge is 0.309 e. The highest BCUT2D eigenvalue weighted by Gasteiger charge is 2.22. The van der Waals surface area contributed by atoms with Crippen molar-refractivity contribution in [2.75, 3.05) is 0 Å². The standard InChI is InChI=1S/C72H60N2/c1-45-19-33-57-63(39-45)69(49-25-21-47(22-26-49)51-29-35-65-59(41-51)61-43-53(71(3,4)5)31-37-67(61)73(65)55-15-11-9-12-16-55)58-34-20-46(2)40-64(58)70(57)50-27-23-48(24-28-50)52-30-36-66-60(42-52)62-44-54(72(6,7)8)32-38-68(62)74(66)56-17-13-10-14-18-56/h9-44H,1-8H3. The van der Waals surface area contributed by atoms with Gasteiger partial charge in [-0.1, -0.05) is 198 Å². The number of hydrogen-bond donors (Lipinski definition) is 0. The highest BCUT2D eigenvalue weighted by atomic mass is 15.0. The van der Waals surface area contributed by atoms with Crippen molar-refractivity contribution < 1.29 is 0 Å². The second-order valence-electron chi connectivity index (χ2n) is 22.8. The van der Waals surface area contributed by atoms with Crippen LogP contribution in [-0.4, -0.2) is 9.13 Å². The SMILES string of the molecule is Cc1ccc2c(-c3ccc(-c4ccc5c(c4)c4cc(C(C)(C)C)ccc4n5-c4ccccc4)cc3)c3cc(C)ccc3c(-c3ccc(-c4ccc5c(c4)c4cc(C(C)(C)C)ccc4n5-c4ccccc4)cc3)c2c1. The minimum Gasteiger partial charge on any atom is -0.309 e. The molecule has 74 heavy (non-hydrogen) atoms. The summed E-state index contributed by atoms with van der Waals surface area (Å²) < 4.78 is 4.83. The van der Waals surface area contributed by atoms with E-state index in [1.54, 1.807) is 0 Å². The van der Waals surface area contributed by atoms with Crippen molar-refractivity contribution in [3.05, 3.63) is 241 Å². The maximum absolute atomic E-state index is 2.41. The van der Waals surface area contributed by atoms with Gasteiger partial charge in [-0.25, -0.2) is 0 Å². The number of nitrogens with zero attached hydrogens (tertiary/aromatic N) is 2. The fraction of sp³-hybridized carbons (Fsp3) is 0.139. The molecule has 0 saturated heterocycles. The Morgan fingerprint density at radius 2 is 0.581 bits per heavy atom. The number of aromatic nitrogens is 2. The summed E-state index contributed by atoms with van der Waals surface area (Å²) in [5.74, 6) is 0. The first-order chi connectivity index (χ1) is 35.8. The fourth-order valence-electron chi connectivity index (χ4n) is 11.8. The van der Waals surface area contributed by atoms with Crippen molar-refractivity contribution >= 4 is 65.2 Å². The summed E-state index contributed by atoms with van der Waals surface area (Å²) in [5.41, 5.74) is 22.3. The molecule has 13 aromatic rings. The van der Waals surface area contributed by atoms with E-state index in [4.69, 9.17) is 0 Å². The third-order valence-corrected chi connectivity index (χ3v) is 15.7. The lowest BCUT2D eigenvalue weighted by molar-refractivity contribution is 0.591. The molecule has 0 bridgehead atoms. The lowest BCUT2D eigenvalue weighted by Crippen LogP contribution is -2.10. The molecule has 0 atom stereocenters. The summed E-state index contributed by atoms with van der Waals surface area (Å²) in [4.78, 5) is 0. The Labute approximate surface area is 434 Å². The fourth-order valence-corrected chi connectivity index (χ4v) is 11.8. The van der Waals surface area contributed by atoms with E-state index in [1.807, 2.05) is 0 Å². The van der Waals surface area contributed by atoms with Gasteiger partial charge in [0.1, 0.15) is 0 Å². The van der Waals surface area contributed by atoms with Crippen LogP contribution in [0.2, 0.25) is 0 Å². The molecular weight excluding hydrogens is 893 g/mol. The monoisotopic (exact) mass is 952 g/mol. The lowest BCUT2D eigenvalue weighted by atomic mass is 9.84. The first kappa shape index (κ1) is 45.4. The summed E-state index contributed by atoms with van der Waals surface area (Å²) in [6.45, 7) is 18.2. The number of rotatable bonds is 6. The quantitative estimate of drug-likeness (QED) is 0.147. The van der Waals surface area contributed by atoms with Crippen molar-refractivity contribution in [1.82, 2.24) is 9.13 Å². The minimum absolute atomic E-state index is 0.0404. The Kier molecular flexibility index (Phi) is 10.5. The maximum Gasteiger partial charge on any atom is 0.0541 e. The molecule has 0 aliphatic carbocycles. The Morgan fingerprint density at radius 3 is 0.946 bits per heavy atom. The van der Waals surface area contributed by atoms with E-state index >= 15 is 0 Å². The van der Waals surface area contributed by atoms with Crippen LogP contribution in [0, 0.1) is 13.8 Å². The van der Waals surface area contributed by atoms with E-state index in [0.717, 1.165) is 0 Å². The maximum atomic E-state index is 2.41. The van der Waals surface area contributed by atoms with Crippen molar-refractivity contribution in [3.63, 3.8) is 0 Å². The molecule has 2 heteroatoms. The first-order valence-electron chi connectivity index (χ1n) is 26.2. The minimum atomic E-state index is 0.0404. The van der Waals surface area contributed by atoms with Gasteiger partial charge in [-0.15, -0.1) is 0 Å². The summed E-state index contributed by atoms with van der Waals surface area (Å²) in [6.07, 6.45) is 0. The lowest BCUT2D eigenvalue weighted by Gasteiger charge is -2.19. The predicted octanol–water partition coefficient (Wildman–Crippen LogP) is 20.1. The van der Waals surface area contributed by atoms with Crippen LogP contribution in [0.3, 0.4) is 0 Å². The van der Waals surface area contributed by atoms with Crippen LogP contribution in [0.5, 0.6) is 0 Å². The van der Waals surface area contributed by atoms with Gasteiger partial charge in [0.05, 0.1) is 22.1 Å². The summed E-state index contributed by atoms with van der Waals surface area (Å²) in [7, 11) is 0. The smallest absolute Gasteiger partial charge is 0.0541 e. The van der Waals surface area contributed by atoms with Gasteiger partial charge in [0, 0.05) is 32.9 Å². The second kappa shape index (κ2) is 17.1. The number of aryl methyl sites for hydroxylation is 2. The molecule has 2 nitrogen and oxygen atoms in total. The van der Waals surface area contributed by atoms with Gasteiger partial charge in [0.2, 0.25) is 0 Å². The van der Waals surface area contributed by atoms with E-state index in [9.17, 15) is 0 Å². The number of fused-ring (bicyclic) bond motifs is 8. The molecule has 2 heterocycles. The van der Waals surface area contributed by atoms with Gasteiger partial charge in [0.25, 0.3) is 0 Å². The van der Waals surface area contributed by atoms with Crippen LogP contribution in [0.15, 0.2) is 218 Å². The average molecular weight is 953 g/mol. The van der Waals surface area contributed by atoms with Crippen LogP contribution < -0.4 is 0 Å².